The Kier molecular flexibility index (Phi) is 3.81. The molecule has 5 heteroatoms. The van der Waals surface area contributed by atoms with Gasteiger partial charge in [-0.05, 0) is 30.4 Å². The van der Waals surface area contributed by atoms with Crippen molar-refractivity contribution in [1.82, 2.24) is 0 Å². The minimum absolute atomic E-state index is 0.0401. The molecule has 0 bridgehead atoms. The van der Waals surface area contributed by atoms with Crippen molar-refractivity contribution in [1.29, 1.82) is 0 Å². The van der Waals surface area contributed by atoms with E-state index in [1.54, 1.807) is 12.1 Å². The number of ether oxygens (including phenoxy) is 1. The maximum absolute atomic E-state index is 11.0. The zero-order valence-corrected chi connectivity index (χ0v) is 10.3. The van der Waals surface area contributed by atoms with E-state index in [0.717, 1.165) is 24.8 Å². The fourth-order valence-corrected chi connectivity index (χ4v) is 2.82. The summed E-state index contributed by atoms with van der Waals surface area (Å²) in [5.74, 6) is -0.344. The molecule has 0 saturated carbocycles. The van der Waals surface area contributed by atoms with Crippen molar-refractivity contribution in [3.63, 3.8) is 0 Å². The van der Waals surface area contributed by atoms with Gasteiger partial charge in [0.05, 0.1) is 6.10 Å². The maximum atomic E-state index is 11.0. The Labute approximate surface area is 101 Å². The van der Waals surface area contributed by atoms with E-state index in [1.807, 2.05) is 12.1 Å². The second kappa shape index (κ2) is 5.16. The Balaban J connectivity index is 2.26. The van der Waals surface area contributed by atoms with Crippen LogP contribution in [0.1, 0.15) is 36.5 Å². The van der Waals surface area contributed by atoms with Crippen molar-refractivity contribution in [2.24, 2.45) is 0 Å². The van der Waals surface area contributed by atoms with Gasteiger partial charge in [-0.1, -0.05) is 24.3 Å². The van der Waals surface area contributed by atoms with Gasteiger partial charge >= 0.3 is 0 Å². The van der Waals surface area contributed by atoms with E-state index in [1.165, 1.54) is 0 Å². The summed E-state index contributed by atoms with van der Waals surface area (Å²) in [4.78, 5) is 0. The second-order valence-corrected chi connectivity index (χ2v) is 5.73. The van der Waals surface area contributed by atoms with Crippen molar-refractivity contribution in [3.05, 3.63) is 35.4 Å². The molecule has 0 spiro atoms. The predicted octanol–water partition coefficient (Wildman–Crippen LogP) is 2.32. The summed E-state index contributed by atoms with van der Waals surface area (Å²) in [5, 5.41) is 0. The first-order valence-electron chi connectivity index (χ1n) is 5.71. The molecule has 1 aromatic carbocycles. The van der Waals surface area contributed by atoms with Crippen LogP contribution < -0.4 is 0 Å². The van der Waals surface area contributed by atoms with E-state index in [9.17, 15) is 8.42 Å². The van der Waals surface area contributed by atoms with Crippen LogP contribution in [-0.4, -0.2) is 19.6 Å². The van der Waals surface area contributed by atoms with E-state index in [0.29, 0.717) is 12.2 Å². The molecule has 1 heterocycles. The monoisotopic (exact) mass is 256 g/mol. The fourth-order valence-electron chi connectivity index (χ4n) is 2.16. The lowest BCUT2D eigenvalue weighted by Crippen LogP contribution is -2.14. The third-order valence-electron chi connectivity index (χ3n) is 2.92. The number of rotatable bonds is 3. The molecule has 1 aliphatic rings. The van der Waals surface area contributed by atoms with Crippen molar-refractivity contribution in [2.45, 2.75) is 31.1 Å². The highest BCUT2D eigenvalue weighted by atomic mass is 32.2. The van der Waals surface area contributed by atoms with Gasteiger partial charge in [-0.2, -0.15) is 8.42 Å². The summed E-state index contributed by atoms with van der Waals surface area (Å²) in [7, 11) is -3.99. The minimum Gasteiger partial charge on any atom is -0.374 e. The summed E-state index contributed by atoms with van der Waals surface area (Å²) in [5.41, 5.74) is 1.51. The van der Waals surface area contributed by atoms with Gasteiger partial charge in [-0.15, -0.1) is 0 Å². The molecule has 4 nitrogen and oxygen atoms in total. The van der Waals surface area contributed by atoms with Crippen LogP contribution in [0.5, 0.6) is 0 Å². The average molecular weight is 256 g/mol. The molecule has 2 rings (SSSR count). The Hall–Kier alpha value is -0.910. The van der Waals surface area contributed by atoms with Crippen LogP contribution in [0.3, 0.4) is 0 Å². The highest BCUT2D eigenvalue weighted by Gasteiger charge is 2.20. The number of benzene rings is 1. The first kappa shape index (κ1) is 12.5. The highest BCUT2D eigenvalue weighted by Crippen LogP contribution is 2.30. The zero-order chi connectivity index (χ0) is 12.3. The van der Waals surface area contributed by atoms with Gasteiger partial charge in [-0.3, -0.25) is 4.55 Å². The van der Waals surface area contributed by atoms with Crippen molar-refractivity contribution in [2.75, 3.05) is 6.61 Å². The standard InChI is InChI=1S/C12H16O4S/c13-17(14,15)9-10-5-1-2-6-11(10)12-7-3-4-8-16-12/h1-2,5-6,12H,3-4,7-9H2,(H,13,14,15). The normalized spacial score (nSPS) is 21.4. The lowest BCUT2D eigenvalue weighted by molar-refractivity contribution is 0.0145. The molecule has 17 heavy (non-hydrogen) atoms. The van der Waals surface area contributed by atoms with E-state index in [4.69, 9.17) is 9.29 Å². The first-order valence-corrected chi connectivity index (χ1v) is 7.32. The molecule has 0 radical (unpaired) electrons. The lowest BCUT2D eigenvalue weighted by atomic mass is 9.97. The molecule has 94 valence electrons. The van der Waals surface area contributed by atoms with Crippen molar-refractivity contribution < 1.29 is 17.7 Å². The molecule has 0 amide bonds. The third-order valence-corrected chi connectivity index (χ3v) is 3.60. The van der Waals surface area contributed by atoms with Crippen molar-refractivity contribution in [3.8, 4) is 0 Å². The van der Waals surface area contributed by atoms with E-state index < -0.39 is 10.1 Å². The zero-order valence-electron chi connectivity index (χ0n) is 9.50. The summed E-state index contributed by atoms with van der Waals surface area (Å²) in [6.07, 6.45) is 3.01. The molecule has 1 N–H and O–H groups in total. The summed E-state index contributed by atoms with van der Waals surface area (Å²) in [6, 6.07) is 7.23. The first-order chi connectivity index (χ1) is 8.06. The van der Waals surface area contributed by atoms with Crippen molar-refractivity contribution >= 4 is 10.1 Å². The molecule has 1 aliphatic heterocycles. The molecular weight excluding hydrogens is 240 g/mol. The van der Waals surface area contributed by atoms with E-state index in [-0.39, 0.29) is 11.9 Å². The topological polar surface area (TPSA) is 63.6 Å². The smallest absolute Gasteiger partial charge is 0.269 e. The van der Waals surface area contributed by atoms with Gasteiger partial charge in [0, 0.05) is 6.61 Å². The SMILES string of the molecule is O=S(=O)(O)Cc1ccccc1C1CCCCO1. The van der Waals surface area contributed by atoms with Gasteiger partial charge in [0.2, 0.25) is 0 Å². The van der Waals surface area contributed by atoms with Crippen LogP contribution in [0.25, 0.3) is 0 Å². The summed E-state index contributed by atoms with van der Waals surface area (Å²) in [6.45, 7) is 0.713. The summed E-state index contributed by atoms with van der Waals surface area (Å²) >= 11 is 0. The van der Waals surface area contributed by atoms with Crippen LogP contribution >= 0.6 is 0 Å². The van der Waals surface area contributed by atoms with Gasteiger partial charge in [-0.25, -0.2) is 0 Å². The Morgan fingerprint density at radius 3 is 2.71 bits per heavy atom. The predicted molar refractivity (Wildman–Crippen MR) is 64.2 cm³/mol. The van der Waals surface area contributed by atoms with E-state index >= 15 is 0 Å². The Morgan fingerprint density at radius 1 is 1.29 bits per heavy atom. The fraction of sp³-hybridized carbons (Fsp3) is 0.500. The van der Waals surface area contributed by atoms with E-state index in [2.05, 4.69) is 0 Å². The number of hydrogen-bond donors (Lipinski definition) is 1. The molecule has 1 unspecified atom stereocenters. The lowest BCUT2D eigenvalue weighted by Gasteiger charge is -2.24. The van der Waals surface area contributed by atoms with Gasteiger partial charge < -0.3 is 4.74 Å². The second-order valence-electron chi connectivity index (χ2n) is 4.28. The molecule has 0 aromatic heterocycles. The Morgan fingerprint density at radius 2 is 2.06 bits per heavy atom. The average Bonchev–Trinajstić information content (AvgIpc) is 2.29. The van der Waals surface area contributed by atoms with Gasteiger partial charge in [0.25, 0.3) is 10.1 Å². The molecule has 1 atom stereocenters. The maximum Gasteiger partial charge on any atom is 0.269 e. The van der Waals surface area contributed by atoms with Crippen LogP contribution in [0.2, 0.25) is 0 Å². The third kappa shape index (κ3) is 3.52. The largest absolute Gasteiger partial charge is 0.374 e. The van der Waals surface area contributed by atoms with Crippen LogP contribution in [0, 0.1) is 0 Å². The Bertz CT molecular complexity index is 475. The molecular formula is C12H16O4S. The van der Waals surface area contributed by atoms with Gasteiger partial charge in [0.1, 0.15) is 5.75 Å². The molecule has 1 aromatic rings. The van der Waals surface area contributed by atoms with Gasteiger partial charge in [0.15, 0.2) is 0 Å². The minimum atomic E-state index is -3.99. The molecule has 1 fully saturated rings. The molecule has 0 aliphatic carbocycles. The molecule has 1 saturated heterocycles. The van der Waals surface area contributed by atoms with Crippen LogP contribution in [-0.2, 0) is 20.6 Å². The number of hydrogen-bond acceptors (Lipinski definition) is 3. The quantitative estimate of drug-likeness (QED) is 0.843. The van der Waals surface area contributed by atoms with Crippen LogP contribution in [0.15, 0.2) is 24.3 Å². The highest BCUT2D eigenvalue weighted by molar-refractivity contribution is 7.85. The van der Waals surface area contributed by atoms with Crippen LogP contribution in [0.4, 0.5) is 0 Å². The summed E-state index contributed by atoms with van der Waals surface area (Å²) < 4.78 is 36.5.